The molecule has 2 rings (SSSR count). The van der Waals surface area contributed by atoms with E-state index in [1.165, 1.54) is 11.0 Å². The summed E-state index contributed by atoms with van der Waals surface area (Å²) in [4.78, 5) is 27.7. The Hall–Kier alpha value is -2.64. The number of carbonyl (C=O) groups excluding carboxylic acids is 2. The second-order valence-corrected chi connectivity index (χ2v) is 7.56. The lowest BCUT2D eigenvalue weighted by Gasteiger charge is -2.24. The molecule has 2 unspecified atom stereocenters. The number of rotatable bonds is 9. The highest BCUT2D eigenvalue weighted by atomic mass is 32.1. The van der Waals surface area contributed by atoms with Gasteiger partial charge in [-0.3, -0.25) is 9.59 Å². The second kappa shape index (κ2) is 10.6. The number of benzene rings is 1. The van der Waals surface area contributed by atoms with Crippen LogP contribution in [0.3, 0.4) is 0 Å². The van der Waals surface area contributed by atoms with E-state index >= 15 is 0 Å². The molecule has 150 valence electrons. The highest BCUT2D eigenvalue weighted by molar-refractivity contribution is 7.10. The Labute approximate surface area is 170 Å². The van der Waals surface area contributed by atoms with E-state index in [0.717, 1.165) is 11.3 Å². The van der Waals surface area contributed by atoms with Gasteiger partial charge in [0.15, 0.2) is 0 Å². The smallest absolute Gasteiger partial charge is 0.244 e. The van der Waals surface area contributed by atoms with Gasteiger partial charge in [0, 0.05) is 17.5 Å². The average molecular weight is 402 g/mol. The summed E-state index contributed by atoms with van der Waals surface area (Å²) in [6.07, 6.45) is 3.11. The number of nitrogens with one attached hydrogen (secondary N) is 2. The van der Waals surface area contributed by atoms with E-state index in [2.05, 4.69) is 21.6 Å². The molecule has 2 atom stereocenters. The number of carbonyl (C=O) groups is 2. The number of ether oxygens (including phenoxy) is 1. The van der Waals surface area contributed by atoms with E-state index < -0.39 is 6.04 Å². The summed E-state index contributed by atoms with van der Waals surface area (Å²) in [6.45, 7) is 2.15. The molecule has 0 fully saturated rings. The number of hydrogen-bond acceptors (Lipinski definition) is 5. The molecule has 1 aromatic carbocycles. The van der Waals surface area contributed by atoms with Crippen LogP contribution in [0.2, 0.25) is 0 Å². The third-order valence-electron chi connectivity index (χ3n) is 4.26. The third-order valence-corrected chi connectivity index (χ3v) is 5.23. The van der Waals surface area contributed by atoms with E-state index in [4.69, 9.17) is 4.74 Å². The van der Waals surface area contributed by atoms with Gasteiger partial charge < -0.3 is 20.3 Å². The first-order valence-corrected chi connectivity index (χ1v) is 9.89. The molecule has 1 heterocycles. The zero-order valence-corrected chi connectivity index (χ0v) is 17.5. The van der Waals surface area contributed by atoms with Crippen LogP contribution in [0, 0.1) is 0 Å². The molecule has 0 saturated heterocycles. The van der Waals surface area contributed by atoms with Crippen LogP contribution >= 0.6 is 11.3 Å². The maximum absolute atomic E-state index is 12.3. The van der Waals surface area contributed by atoms with Gasteiger partial charge >= 0.3 is 0 Å². The van der Waals surface area contributed by atoms with Crippen LogP contribution in [0.15, 0.2) is 47.9 Å². The maximum Gasteiger partial charge on any atom is 0.244 e. The Morgan fingerprint density at radius 3 is 2.50 bits per heavy atom. The number of thiophene rings is 1. The average Bonchev–Trinajstić information content (AvgIpc) is 3.20. The van der Waals surface area contributed by atoms with Crippen molar-refractivity contribution in [3.8, 4) is 5.75 Å². The highest BCUT2D eigenvalue weighted by Crippen LogP contribution is 2.22. The van der Waals surface area contributed by atoms with Gasteiger partial charge in [0.25, 0.3) is 0 Å². The number of likely N-dealkylation sites (N-methyl/N-ethyl adjacent to an activating group) is 1. The molecule has 0 saturated carbocycles. The van der Waals surface area contributed by atoms with Gasteiger partial charge in [-0.15, -0.1) is 11.3 Å². The fourth-order valence-electron chi connectivity index (χ4n) is 2.58. The van der Waals surface area contributed by atoms with E-state index in [1.54, 1.807) is 31.4 Å². The predicted molar refractivity (Wildman–Crippen MR) is 113 cm³/mol. The number of hydrogen-bond donors (Lipinski definition) is 2. The van der Waals surface area contributed by atoms with Crippen LogP contribution in [0.4, 0.5) is 0 Å². The minimum Gasteiger partial charge on any atom is -0.497 e. The molecule has 2 N–H and O–H groups in total. The molecule has 2 amide bonds. The molecular formula is C21H27N3O3S. The van der Waals surface area contributed by atoms with Crippen molar-refractivity contribution in [3.63, 3.8) is 0 Å². The quantitative estimate of drug-likeness (QED) is 0.634. The van der Waals surface area contributed by atoms with E-state index in [0.29, 0.717) is 6.54 Å². The van der Waals surface area contributed by atoms with Crippen molar-refractivity contribution in [2.24, 2.45) is 0 Å². The minimum atomic E-state index is -0.626. The standard InChI is InChI=1S/C21H27N3O3S/c1-15(21(26)22-14-18(24(2)3)19-6-5-13-28-19)23-20(25)12-9-16-7-10-17(27-4)11-8-16/h5-13,15,18H,14H2,1-4H3,(H,22,26)(H,23,25)/b12-9+. The van der Waals surface area contributed by atoms with Crippen LogP contribution in [-0.4, -0.2) is 50.5 Å². The molecule has 0 radical (unpaired) electrons. The van der Waals surface area contributed by atoms with Crippen molar-refractivity contribution < 1.29 is 14.3 Å². The molecule has 0 aliphatic rings. The first kappa shape index (κ1) is 21.7. The summed E-state index contributed by atoms with van der Waals surface area (Å²) in [5.41, 5.74) is 0.873. The second-order valence-electron chi connectivity index (χ2n) is 6.58. The van der Waals surface area contributed by atoms with Crippen molar-refractivity contribution in [3.05, 3.63) is 58.3 Å². The molecule has 0 bridgehead atoms. The molecular weight excluding hydrogens is 374 g/mol. The van der Waals surface area contributed by atoms with E-state index in [-0.39, 0.29) is 17.9 Å². The lowest BCUT2D eigenvalue weighted by molar-refractivity contribution is -0.126. The lowest BCUT2D eigenvalue weighted by Crippen LogP contribution is -2.46. The molecule has 0 aliphatic carbocycles. The fourth-order valence-corrected chi connectivity index (χ4v) is 3.51. The fraction of sp³-hybridized carbons (Fsp3) is 0.333. The van der Waals surface area contributed by atoms with Crippen molar-refractivity contribution in [2.45, 2.75) is 19.0 Å². The van der Waals surface area contributed by atoms with Gasteiger partial charge in [0.2, 0.25) is 11.8 Å². The van der Waals surface area contributed by atoms with Crippen LogP contribution in [0.25, 0.3) is 6.08 Å². The van der Waals surface area contributed by atoms with Gasteiger partial charge in [-0.2, -0.15) is 0 Å². The summed E-state index contributed by atoms with van der Waals surface area (Å²) in [7, 11) is 5.56. The maximum atomic E-state index is 12.3. The van der Waals surface area contributed by atoms with Crippen molar-refractivity contribution >= 4 is 29.2 Å². The first-order chi connectivity index (χ1) is 13.4. The molecule has 28 heavy (non-hydrogen) atoms. The largest absolute Gasteiger partial charge is 0.497 e. The van der Waals surface area contributed by atoms with Crippen LogP contribution in [0.5, 0.6) is 5.75 Å². The number of nitrogens with zero attached hydrogens (tertiary/aromatic N) is 1. The molecule has 0 spiro atoms. The minimum absolute atomic E-state index is 0.0989. The zero-order valence-electron chi connectivity index (χ0n) is 16.6. The first-order valence-electron chi connectivity index (χ1n) is 9.01. The van der Waals surface area contributed by atoms with Gasteiger partial charge in [-0.25, -0.2) is 0 Å². The molecule has 6 nitrogen and oxygen atoms in total. The normalized spacial score (nSPS) is 13.3. The van der Waals surface area contributed by atoms with Crippen LogP contribution in [0.1, 0.15) is 23.4 Å². The van der Waals surface area contributed by atoms with Gasteiger partial charge in [0.05, 0.1) is 13.2 Å². The van der Waals surface area contributed by atoms with Gasteiger partial charge in [-0.05, 0) is 56.2 Å². The molecule has 7 heteroatoms. The highest BCUT2D eigenvalue weighted by Gasteiger charge is 2.19. The van der Waals surface area contributed by atoms with Crippen LogP contribution in [-0.2, 0) is 9.59 Å². The molecule has 0 aliphatic heterocycles. The third kappa shape index (κ3) is 6.51. The van der Waals surface area contributed by atoms with Gasteiger partial charge in [-0.1, -0.05) is 18.2 Å². The Morgan fingerprint density at radius 1 is 1.21 bits per heavy atom. The summed E-state index contributed by atoms with van der Waals surface area (Å²) in [5.74, 6) is 0.223. The topological polar surface area (TPSA) is 70.7 Å². The Bertz CT molecular complexity index is 786. The Morgan fingerprint density at radius 2 is 1.93 bits per heavy atom. The van der Waals surface area contributed by atoms with Crippen LogP contribution < -0.4 is 15.4 Å². The monoisotopic (exact) mass is 401 g/mol. The number of methoxy groups -OCH3 is 1. The van der Waals surface area contributed by atoms with Crippen molar-refractivity contribution in [1.29, 1.82) is 0 Å². The molecule has 2 aromatic rings. The zero-order chi connectivity index (χ0) is 20.5. The van der Waals surface area contributed by atoms with E-state index in [1.807, 2.05) is 49.8 Å². The van der Waals surface area contributed by atoms with Gasteiger partial charge in [0.1, 0.15) is 11.8 Å². The summed E-state index contributed by atoms with van der Waals surface area (Å²) >= 11 is 1.66. The van der Waals surface area contributed by atoms with E-state index in [9.17, 15) is 9.59 Å². The summed E-state index contributed by atoms with van der Waals surface area (Å²) in [5, 5.41) is 7.62. The Kier molecular flexibility index (Phi) is 8.22. The number of amides is 2. The Balaban J connectivity index is 1.83. The summed E-state index contributed by atoms with van der Waals surface area (Å²) in [6, 6.07) is 10.9. The SMILES string of the molecule is COc1ccc(/C=C/C(=O)NC(C)C(=O)NCC(c2cccs2)N(C)C)cc1. The predicted octanol–water partition coefficient (Wildman–Crippen LogP) is 2.69. The lowest BCUT2D eigenvalue weighted by atomic mass is 10.2. The van der Waals surface area contributed by atoms with Crippen molar-refractivity contribution in [1.82, 2.24) is 15.5 Å². The van der Waals surface area contributed by atoms with Crippen molar-refractivity contribution in [2.75, 3.05) is 27.7 Å². The summed E-state index contributed by atoms with van der Waals surface area (Å²) < 4.78 is 5.10. The molecule has 1 aromatic heterocycles.